The molecule has 1 aliphatic heterocycles. The molecule has 2 aromatic carbocycles. The predicted molar refractivity (Wildman–Crippen MR) is 163 cm³/mol. The van der Waals surface area contributed by atoms with Crippen molar-refractivity contribution < 1.29 is 47.0 Å². The number of rotatable bonds is 13. The third-order valence-electron chi connectivity index (χ3n) is 6.97. The Hall–Kier alpha value is -4.30. The molecule has 0 bridgehead atoms. The lowest BCUT2D eigenvalue weighted by Gasteiger charge is -2.33. The number of allylic oxidation sites excluding steroid dienone is 1. The second-order valence-electron chi connectivity index (χ2n) is 11.7. The van der Waals surface area contributed by atoms with Gasteiger partial charge in [-0.15, -0.1) is 0 Å². The first-order valence-electron chi connectivity index (χ1n) is 14.6. The van der Waals surface area contributed by atoms with Crippen LogP contribution in [0.3, 0.4) is 0 Å². The minimum Gasteiger partial charge on any atom is -0.491 e. The summed E-state index contributed by atoms with van der Waals surface area (Å²) in [6.07, 6.45) is -5.55. The molecule has 0 saturated heterocycles. The maximum Gasteiger partial charge on any atom is 0.430 e. The lowest BCUT2D eigenvalue weighted by Crippen LogP contribution is -2.44. The molecule has 14 heteroatoms. The van der Waals surface area contributed by atoms with Gasteiger partial charge in [0.2, 0.25) is 0 Å². The van der Waals surface area contributed by atoms with Crippen LogP contribution in [0.1, 0.15) is 51.7 Å². The van der Waals surface area contributed by atoms with E-state index in [9.17, 15) is 38.0 Å². The molecule has 0 amide bonds. The highest BCUT2D eigenvalue weighted by molar-refractivity contribution is 6.10. The van der Waals surface area contributed by atoms with E-state index in [1.165, 1.54) is 26.0 Å². The molecule has 0 aromatic heterocycles. The number of nitrogens with one attached hydrogen (secondary N) is 1. The highest BCUT2D eigenvalue weighted by atomic mass is 19.4. The van der Waals surface area contributed by atoms with Crippen LogP contribution >= 0.6 is 0 Å². The van der Waals surface area contributed by atoms with Crippen molar-refractivity contribution >= 4 is 23.3 Å². The molecule has 11 nitrogen and oxygen atoms in total. The molecule has 0 radical (unpaired) electrons. The summed E-state index contributed by atoms with van der Waals surface area (Å²) in [5.41, 5.74) is -2.07. The van der Waals surface area contributed by atoms with E-state index < -0.39 is 52.4 Å². The monoisotopic (exact) mass is 649 g/mol. The Morgan fingerprint density at radius 1 is 1.11 bits per heavy atom. The highest BCUT2D eigenvalue weighted by Crippen LogP contribution is 2.44. The minimum atomic E-state index is -5.07. The van der Waals surface area contributed by atoms with Crippen molar-refractivity contribution in [2.45, 2.75) is 64.8 Å². The van der Waals surface area contributed by atoms with E-state index in [1.54, 1.807) is 24.3 Å². The van der Waals surface area contributed by atoms with E-state index in [-0.39, 0.29) is 48.6 Å². The Balaban J connectivity index is 1.80. The summed E-state index contributed by atoms with van der Waals surface area (Å²) in [7, 11) is 0. The van der Waals surface area contributed by atoms with Crippen LogP contribution in [0, 0.1) is 16.0 Å². The second kappa shape index (κ2) is 15.3. The van der Waals surface area contributed by atoms with Gasteiger partial charge in [0.1, 0.15) is 30.1 Å². The summed E-state index contributed by atoms with van der Waals surface area (Å²) in [6.45, 7) is 8.56. The fraction of sp³-hybridized carbons (Fsp3) is 0.469. The molecular formula is C32H38F3N3O8. The summed E-state index contributed by atoms with van der Waals surface area (Å²) < 4.78 is 58.5. The number of esters is 2. The predicted octanol–water partition coefficient (Wildman–Crippen LogP) is 5.06. The topological polar surface area (TPSA) is 150 Å². The molecule has 1 heterocycles. The fourth-order valence-electron chi connectivity index (χ4n) is 4.81. The molecule has 0 aliphatic carbocycles. The lowest BCUT2D eigenvalue weighted by molar-refractivity contribution is -0.384. The van der Waals surface area contributed by atoms with E-state index in [0.29, 0.717) is 12.3 Å². The average Bonchev–Trinajstić information content (AvgIpc) is 2.98. The van der Waals surface area contributed by atoms with Crippen molar-refractivity contribution in [2.75, 3.05) is 26.4 Å². The number of halogens is 3. The van der Waals surface area contributed by atoms with Gasteiger partial charge >= 0.3 is 18.1 Å². The third kappa shape index (κ3) is 9.85. The molecule has 0 saturated carbocycles. The molecule has 3 atom stereocenters. The zero-order valence-electron chi connectivity index (χ0n) is 26.2. The van der Waals surface area contributed by atoms with Gasteiger partial charge in [-0.05, 0) is 57.9 Å². The first kappa shape index (κ1) is 36.2. The van der Waals surface area contributed by atoms with Gasteiger partial charge in [-0.1, -0.05) is 24.3 Å². The molecule has 3 rings (SSSR count). The Kier molecular flexibility index (Phi) is 12.0. The first-order chi connectivity index (χ1) is 21.5. The van der Waals surface area contributed by atoms with Gasteiger partial charge in [0.05, 0.1) is 23.7 Å². The number of hydrogen-bond acceptors (Lipinski definition) is 10. The minimum absolute atomic E-state index is 0.0750. The number of nitrogens with zero attached hydrogens (tertiary/aromatic N) is 2. The SMILES string of the molecule is CCOC(=O)C1C(C(F)(F)F)=NC(C)=C(C(=O)OCCc2ccc(OCC(O)CNC(C)(C)C)cc2)C1c1cccc([N+](=O)[O-])c1. The number of alkyl halides is 3. The number of non-ortho nitro benzene ring substituents is 1. The smallest absolute Gasteiger partial charge is 0.430 e. The molecule has 2 N–H and O–H groups in total. The van der Waals surface area contributed by atoms with E-state index in [0.717, 1.165) is 17.7 Å². The average molecular weight is 650 g/mol. The molecule has 46 heavy (non-hydrogen) atoms. The van der Waals surface area contributed by atoms with Crippen molar-refractivity contribution in [1.82, 2.24) is 5.32 Å². The quantitative estimate of drug-likeness (QED) is 0.172. The maximum atomic E-state index is 14.2. The van der Waals surface area contributed by atoms with Gasteiger partial charge < -0.3 is 24.6 Å². The molecule has 0 fully saturated rings. The maximum absolute atomic E-state index is 14.2. The van der Waals surface area contributed by atoms with Gasteiger partial charge in [-0.2, -0.15) is 13.2 Å². The summed E-state index contributed by atoms with van der Waals surface area (Å²) in [5.74, 6) is -5.52. The van der Waals surface area contributed by atoms with Crippen LogP contribution in [0.25, 0.3) is 0 Å². The Bertz CT molecular complexity index is 1470. The number of aliphatic hydroxyl groups excluding tert-OH is 1. The number of aliphatic hydroxyl groups is 1. The van der Waals surface area contributed by atoms with Gasteiger partial charge in [-0.25, -0.2) is 4.79 Å². The largest absolute Gasteiger partial charge is 0.491 e. The van der Waals surface area contributed by atoms with E-state index >= 15 is 0 Å². The molecule has 3 unspecified atom stereocenters. The van der Waals surface area contributed by atoms with Gasteiger partial charge in [0.25, 0.3) is 5.69 Å². The number of β-amino-alcohol motifs (C(OH)–C–C–N with tert-alkyl or cyclic N) is 1. The fourth-order valence-corrected chi connectivity index (χ4v) is 4.81. The highest BCUT2D eigenvalue weighted by Gasteiger charge is 2.53. The zero-order chi connectivity index (χ0) is 34.2. The van der Waals surface area contributed by atoms with Gasteiger partial charge in [-0.3, -0.25) is 19.9 Å². The van der Waals surface area contributed by atoms with Crippen LogP contribution in [0.5, 0.6) is 5.75 Å². The molecule has 2 aromatic rings. The number of hydrogen-bond donors (Lipinski definition) is 2. The summed E-state index contributed by atoms with van der Waals surface area (Å²) in [6, 6.07) is 11.5. The van der Waals surface area contributed by atoms with Crippen LogP contribution < -0.4 is 10.1 Å². The van der Waals surface area contributed by atoms with Crippen LogP contribution in [-0.2, 0) is 25.5 Å². The van der Waals surface area contributed by atoms with Crippen molar-refractivity contribution in [3.05, 3.63) is 81.0 Å². The second-order valence-corrected chi connectivity index (χ2v) is 11.7. The number of ether oxygens (including phenoxy) is 3. The number of benzene rings is 2. The van der Waals surface area contributed by atoms with Crippen molar-refractivity contribution in [3.63, 3.8) is 0 Å². The van der Waals surface area contributed by atoms with Crippen LogP contribution in [0.15, 0.2) is 64.8 Å². The van der Waals surface area contributed by atoms with Crippen LogP contribution in [0.4, 0.5) is 18.9 Å². The molecule has 0 spiro atoms. The van der Waals surface area contributed by atoms with Gasteiger partial charge in [0, 0.05) is 42.3 Å². The number of carbonyl (C=O) groups is 2. The number of carbonyl (C=O) groups excluding carboxylic acids is 2. The van der Waals surface area contributed by atoms with Crippen molar-refractivity contribution in [3.8, 4) is 5.75 Å². The number of aliphatic imine (C=N–C) groups is 1. The van der Waals surface area contributed by atoms with E-state index in [4.69, 9.17) is 14.2 Å². The normalized spacial score (nSPS) is 17.6. The van der Waals surface area contributed by atoms with Crippen LogP contribution in [-0.4, -0.2) is 71.9 Å². The van der Waals surface area contributed by atoms with Gasteiger partial charge in [0.15, 0.2) is 0 Å². The lowest BCUT2D eigenvalue weighted by atomic mass is 9.75. The standard InChI is InChI=1S/C32H38F3N3O8/c1-6-44-30(41)27-26(21-8-7-9-22(16-21)38(42)43)25(19(2)37-28(27)32(33,34)35)29(40)45-15-14-20-10-12-24(13-11-20)46-18-23(39)17-36-31(3,4)5/h7-13,16,23,26-27,36,39H,6,14-15,17-18H2,1-5H3. The van der Waals surface area contributed by atoms with Crippen molar-refractivity contribution in [1.29, 1.82) is 0 Å². The molecular weight excluding hydrogens is 611 g/mol. The Labute approximate surface area is 264 Å². The molecule has 1 aliphatic rings. The molecule has 250 valence electrons. The summed E-state index contributed by atoms with van der Waals surface area (Å²) >= 11 is 0. The summed E-state index contributed by atoms with van der Waals surface area (Å²) in [4.78, 5) is 40.7. The van der Waals surface area contributed by atoms with Crippen LogP contribution in [0.2, 0.25) is 0 Å². The first-order valence-corrected chi connectivity index (χ1v) is 14.6. The Morgan fingerprint density at radius 2 is 1.78 bits per heavy atom. The van der Waals surface area contributed by atoms with E-state index in [2.05, 4.69) is 10.3 Å². The number of nitro groups is 1. The van der Waals surface area contributed by atoms with E-state index in [1.807, 2.05) is 20.8 Å². The van der Waals surface area contributed by atoms with Crippen molar-refractivity contribution in [2.24, 2.45) is 10.9 Å². The third-order valence-corrected chi connectivity index (χ3v) is 6.97. The zero-order valence-corrected chi connectivity index (χ0v) is 26.2. The summed E-state index contributed by atoms with van der Waals surface area (Å²) in [5, 5.41) is 24.8. The number of nitro benzene ring substituents is 1. The Morgan fingerprint density at radius 3 is 2.37 bits per heavy atom.